The first-order valence-electron chi connectivity index (χ1n) is 9.31. The maximum absolute atomic E-state index is 14.7. The molecule has 0 spiro atoms. The lowest BCUT2D eigenvalue weighted by Gasteiger charge is -2.20. The molecule has 0 radical (unpaired) electrons. The monoisotopic (exact) mass is 406 g/mol. The molecule has 0 fully saturated rings. The molecule has 0 saturated carbocycles. The lowest BCUT2D eigenvalue weighted by Crippen LogP contribution is -2.10. The molecule has 4 rings (SSSR count). The minimum absolute atomic E-state index is 0.280. The Morgan fingerprint density at radius 1 is 1.03 bits per heavy atom. The molecule has 4 aromatic rings. The van der Waals surface area contributed by atoms with Crippen LogP contribution in [0.1, 0.15) is 18.5 Å². The quantitative estimate of drug-likeness (QED) is 0.392. The topological polar surface area (TPSA) is 34.1 Å². The van der Waals surface area contributed by atoms with Gasteiger partial charge in [0.15, 0.2) is 0 Å². The van der Waals surface area contributed by atoms with E-state index in [-0.39, 0.29) is 11.9 Å². The van der Waals surface area contributed by atoms with Crippen LogP contribution in [0.5, 0.6) is 5.75 Å². The van der Waals surface area contributed by atoms with Crippen molar-refractivity contribution in [1.82, 2.24) is 4.98 Å². The zero-order valence-electron chi connectivity index (χ0n) is 16.1. The number of ether oxygens (including phenoxy) is 1. The Labute approximate surface area is 174 Å². The number of methoxy groups -OCH3 is 1. The van der Waals surface area contributed by atoms with E-state index in [1.165, 1.54) is 6.07 Å². The largest absolute Gasteiger partial charge is 0.496 e. The second-order valence-corrected chi connectivity index (χ2v) is 7.21. The Hall–Kier alpha value is -3.11. The lowest BCUT2D eigenvalue weighted by atomic mass is 9.98. The Bertz CT molecular complexity index is 1180. The molecular weight excluding hydrogens is 387 g/mol. The van der Waals surface area contributed by atoms with E-state index < -0.39 is 0 Å². The summed E-state index contributed by atoms with van der Waals surface area (Å²) < 4.78 is 20.2. The second-order valence-electron chi connectivity index (χ2n) is 6.80. The number of anilines is 1. The third-order valence-electron chi connectivity index (χ3n) is 4.97. The Balaban J connectivity index is 1.73. The van der Waals surface area contributed by atoms with Crippen LogP contribution in [0.3, 0.4) is 0 Å². The van der Waals surface area contributed by atoms with Gasteiger partial charge in [0.1, 0.15) is 11.6 Å². The summed E-state index contributed by atoms with van der Waals surface area (Å²) in [5.74, 6) is 0.465. The van der Waals surface area contributed by atoms with Gasteiger partial charge in [0.2, 0.25) is 0 Å². The zero-order valence-corrected chi connectivity index (χ0v) is 16.9. The third-order valence-corrected chi connectivity index (χ3v) is 5.26. The smallest absolute Gasteiger partial charge is 0.128 e. The van der Waals surface area contributed by atoms with Crippen LogP contribution in [0.25, 0.3) is 22.0 Å². The fraction of sp³-hybridized carbons (Fsp3) is 0.125. The number of aromatic nitrogens is 1. The van der Waals surface area contributed by atoms with Crippen molar-refractivity contribution in [3.05, 3.63) is 89.3 Å². The summed E-state index contributed by atoms with van der Waals surface area (Å²) in [6.07, 6.45) is 1.61. The predicted octanol–water partition coefficient (Wildman–Crippen LogP) is 6.88. The van der Waals surface area contributed by atoms with Crippen LogP contribution in [-0.2, 0) is 0 Å². The maximum Gasteiger partial charge on any atom is 0.128 e. The lowest BCUT2D eigenvalue weighted by molar-refractivity contribution is 0.416. The molecule has 146 valence electrons. The van der Waals surface area contributed by atoms with Crippen molar-refractivity contribution in [2.45, 2.75) is 13.0 Å². The van der Waals surface area contributed by atoms with E-state index in [4.69, 9.17) is 16.3 Å². The molecule has 0 aliphatic carbocycles. The highest BCUT2D eigenvalue weighted by molar-refractivity contribution is 6.34. The van der Waals surface area contributed by atoms with Gasteiger partial charge in [-0.05, 0) is 36.8 Å². The molecule has 0 saturated heterocycles. The average Bonchev–Trinajstić information content (AvgIpc) is 2.76. The van der Waals surface area contributed by atoms with Crippen LogP contribution in [0.15, 0.2) is 72.9 Å². The minimum Gasteiger partial charge on any atom is -0.496 e. The molecule has 1 heterocycles. The number of hydrogen-bond donors (Lipinski definition) is 1. The van der Waals surface area contributed by atoms with Gasteiger partial charge in [0, 0.05) is 22.7 Å². The van der Waals surface area contributed by atoms with E-state index in [1.807, 2.05) is 61.5 Å². The van der Waals surface area contributed by atoms with Gasteiger partial charge in [-0.2, -0.15) is 0 Å². The van der Waals surface area contributed by atoms with Crippen molar-refractivity contribution >= 4 is 28.2 Å². The highest BCUT2D eigenvalue weighted by Crippen LogP contribution is 2.35. The van der Waals surface area contributed by atoms with Crippen molar-refractivity contribution < 1.29 is 9.13 Å². The minimum atomic E-state index is -0.312. The SMILES string of the molecule is COc1ccccc1-c1ccc(F)c(C(C)Nc2c(Cl)cnc3ccccc23)c1. The molecular formula is C24H20ClFN2O. The molecule has 0 bridgehead atoms. The average molecular weight is 407 g/mol. The molecule has 1 N–H and O–H groups in total. The second kappa shape index (κ2) is 8.10. The highest BCUT2D eigenvalue weighted by Gasteiger charge is 2.16. The summed E-state index contributed by atoms with van der Waals surface area (Å²) in [4.78, 5) is 4.35. The van der Waals surface area contributed by atoms with E-state index >= 15 is 0 Å². The summed E-state index contributed by atoms with van der Waals surface area (Å²) in [6.45, 7) is 1.91. The van der Waals surface area contributed by atoms with E-state index in [9.17, 15) is 4.39 Å². The van der Waals surface area contributed by atoms with Gasteiger partial charge in [-0.1, -0.05) is 54.1 Å². The zero-order chi connectivity index (χ0) is 20.4. The molecule has 3 aromatic carbocycles. The molecule has 3 nitrogen and oxygen atoms in total. The Kier molecular flexibility index (Phi) is 5.36. The van der Waals surface area contributed by atoms with Gasteiger partial charge >= 0.3 is 0 Å². The number of pyridine rings is 1. The van der Waals surface area contributed by atoms with Crippen molar-refractivity contribution in [3.63, 3.8) is 0 Å². The molecule has 0 amide bonds. The van der Waals surface area contributed by atoms with E-state index in [1.54, 1.807) is 19.4 Å². The van der Waals surface area contributed by atoms with Crippen LogP contribution in [0.4, 0.5) is 10.1 Å². The van der Waals surface area contributed by atoms with Crippen molar-refractivity contribution in [1.29, 1.82) is 0 Å². The predicted molar refractivity (Wildman–Crippen MR) is 117 cm³/mol. The first-order chi connectivity index (χ1) is 14.1. The van der Waals surface area contributed by atoms with E-state index in [2.05, 4.69) is 10.3 Å². The number of hydrogen-bond acceptors (Lipinski definition) is 3. The maximum atomic E-state index is 14.7. The molecule has 29 heavy (non-hydrogen) atoms. The number of para-hydroxylation sites is 2. The van der Waals surface area contributed by atoms with Gasteiger partial charge < -0.3 is 10.1 Å². The Morgan fingerprint density at radius 3 is 2.62 bits per heavy atom. The standard InChI is InChI=1S/C24H20ClFN2O/c1-15(28-24-18-8-3-5-9-22(18)27-14-20(24)25)19-13-16(11-12-21(19)26)17-7-4-6-10-23(17)29-2/h3-15H,1-2H3,(H,27,28). The van der Waals surface area contributed by atoms with Gasteiger partial charge in [0.05, 0.1) is 29.4 Å². The normalized spacial score (nSPS) is 12.0. The molecule has 5 heteroatoms. The molecule has 1 unspecified atom stereocenters. The fourth-order valence-corrected chi connectivity index (χ4v) is 3.69. The summed E-state index contributed by atoms with van der Waals surface area (Å²) in [6, 6.07) is 20.2. The van der Waals surface area contributed by atoms with Gasteiger partial charge in [-0.15, -0.1) is 0 Å². The van der Waals surface area contributed by atoms with Gasteiger partial charge in [-0.3, -0.25) is 4.98 Å². The van der Waals surface area contributed by atoms with E-state index in [0.29, 0.717) is 10.6 Å². The van der Waals surface area contributed by atoms with Crippen LogP contribution >= 0.6 is 11.6 Å². The number of fused-ring (bicyclic) bond motifs is 1. The van der Waals surface area contributed by atoms with Crippen LogP contribution < -0.4 is 10.1 Å². The number of nitrogens with one attached hydrogen (secondary N) is 1. The number of benzene rings is 3. The highest BCUT2D eigenvalue weighted by atomic mass is 35.5. The molecule has 0 aliphatic rings. The molecule has 1 atom stereocenters. The van der Waals surface area contributed by atoms with Gasteiger partial charge in [0.25, 0.3) is 0 Å². The van der Waals surface area contributed by atoms with Crippen molar-refractivity contribution in [2.75, 3.05) is 12.4 Å². The number of nitrogens with zero attached hydrogens (tertiary/aromatic N) is 1. The Morgan fingerprint density at radius 2 is 1.79 bits per heavy atom. The summed E-state index contributed by atoms with van der Waals surface area (Å²) in [5.41, 5.74) is 3.92. The third kappa shape index (κ3) is 3.76. The number of rotatable bonds is 5. The first kappa shape index (κ1) is 19.2. The van der Waals surface area contributed by atoms with Crippen LogP contribution in [0.2, 0.25) is 5.02 Å². The number of halogens is 2. The van der Waals surface area contributed by atoms with Crippen molar-refractivity contribution in [3.8, 4) is 16.9 Å². The first-order valence-corrected chi connectivity index (χ1v) is 9.69. The molecule has 0 aliphatic heterocycles. The summed E-state index contributed by atoms with van der Waals surface area (Å²) >= 11 is 6.41. The molecule has 1 aromatic heterocycles. The van der Waals surface area contributed by atoms with Crippen LogP contribution in [-0.4, -0.2) is 12.1 Å². The fourth-order valence-electron chi connectivity index (χ4n) is 3.48. The van der Waals surface area contributed by atoms with Crippen LogP contribution in [0, 0.1) is 5.82 Å². The van der Waals surface area contributed by atoms with Gasteiger partial charge in [-0.25, -0.2) is 4.39 Å². The summed E-state index contributed by atoms with van der Waals surface area (Å²) in [7, 11) is 1.63. The van der Waals surface area contributed by atoms with Crippen molar-refractivity contribution in [2.24, 2.45) is 0 Å². The van der Waals surface area contributed by atoms with E-state index in [0.717, 1.165) is 33.5 Å². The summed E-state index contributed by atoms with van der Waals surface area (Å²) in [5, 5.41) is 4.77.